The number of fused-ring (bicyclic) bond motifs is 2. The van der Waals surface area contributed by atoms with E-state index >= 15 is 0 Å². The molecule has 3 aliphatic carbocycles. The molecule has 0 aliphatic heterocycles. The predicted molar refractivity (Wildman–Crippen MR) is 92.4 cm³/mol. The lowest BCUT2D eigenvalue weighted by Gasteiger charge is -2.62. The molecule has 136 valence electrons. The van der Waals surface area contributed by atoms with Crippen LogP contribution in [0.15, 0.2) is 12.2 Å². The Morgan fingerprint density at radius 2 is 1.92 bits per heavy atom. The number of ether oxygens (including phenoxy) is 2. The molecule has 3 rings (SSSR count). The fourth-order valence-corrected chi connectivity index (χ4v) is 4.22. The van der Waals surface area contributed by atoms with Gasteiger partial charge in [-0.3, -0.25) is 0 Å². The van der Waals surface area contributed by atoms with Gasteiger partial charge in [-0.05, 0) is 63.2 Å². The van der Waals surface area contributed by atoms with Gasteiger partial charge in [-0.25, -0.2) is 9.59 Å². The molecule has 0 spiro atoms. The molecule has 0 saturated heterocycles. The van der Waals surface area contributed by atoms with Crippen molar-refractivity contribution in [1.82, 2.24) is 5.32 Å². The van der Waals surface area contributed by atoms with Crippen LogP contribution in [0.25, 0.3) is 0 Å². The number of nitrogens with one attached hydrogen (secondary N) is 1. The first-order chi connectivity index (χ1) is 11.0. The number of carbonyl (C=O) groups excluding carboxylic acids is 2. The van der Waals surface area contributed by atoms with Crippen LogP contribution in [0, 0.1) is 23.2 Å². The van der Waals surface area contributed by atoms with Crippen molar-refractivity contribution >= 4 is 12.1 Å². The molecule has 4 unspecified atom stereocenters. The van der Waals surface area contributed by atoms with Gasteiger partial charge in [0, 0.05) is 12.1 Å². The number of rotatable bonds is 4. The maximum absolute atomic E-state index is 12.2. The third kappa shape index (κ3) is 4.11. The molecule has 5 heteroatoms. The normalized spacial score (nSPS) is 31.2. The van der Waals surface area contributed by atoms with E-state index in [0.717, 1.165) is 19.3 Å². The molecule has 4 atom stereocenters. The minimum atomic E-state index is -0.503. The zero-order chi connectivity index (χ0) is 18.1. The van der Waals surface area contributed by atoms with Gasteiger partial charge in [0.05, 0.1) is 7.11 Å². The number of esters is 1. The Bertz CT molecular complexity index is 518. The van der Waals surface area contributed by atoms with Crippen molar-refractivity contribution in [3.8, 4) is 0 Å². The van der Waals surface area contributed by atoms with Gasteiger partial charge in [-0.15, -0.1) is 0 Å². The molecule has 2 bridgehead atoms. The fourth-order valence-electron chi connectivity index (χ4n) is 4.22. The zero-order valence-electron chi connectivity index (χ0n) is 15.7. The molecule has 0 aromatic heterocycles. The van der Waals surface area contributed by atoms with Gasteiger partial charge in [-0.1, -0.05) is 19.9 Å². The van der Waals surface area contributed by atoms with Gasteiger partial charge in [0.25, 0.3) is 0 Å². The molecular formula is C19H31NO4. The van der Waals surface area contributed by atoms with Crippen LogP contribution in [0.3, 0.4) is 0 Å². The molecule has 0 aromatic carbocycles. The van der Waals surface area contributed by atoms with Gasteiger partial charge >= 0.3 is 12.1 Å². The van der Waals surface area contributed by atoms with Crippen molar-refractivity contribution in [3.05, 3.63) is 12.2 Å². The van der Waals surface area contributed by atoms with Crippen molar-refractivity contribution in [1.29, 1.82) is 0 Å². The molecule has 0 radical (unpaired) electrons. The summed E-state index contributed by atoms with van der Waals surface area (Å²) in [6.45, 7) is 10.2. The second-order valence-corrected chi connectivity index (χ2v) is 8.69. The van der Waals surface area contributed by atoms with E-state index in [1.165, 1.54) is 13.2 Å². The third-order valence-corrected chi connectivity index (χ3v) is 5.65. The van der Waals surface area contributed by atoms with Crippen LogP contribution in [0.4, 0.5) is 4.79 Å². The summed E-state index contributed by atoms with van der Waals surface area (Å²) in [4.78, 5) is 23.5. The van der Waals surface area contributed by atoms with E-state index in [0.29, 0.717) is 17.8 Å². The minimum Gasteiger partial charge on any atom is -0.466 e. The maximum Gasteiger partial charge on any atom is 0.407 e. The van der Waals surface area contributed by atoms with Crippen LogP contribution in [-0.2, 0) is 14.3 Å². The third-order valence-electron chi connectivity index (χ3n) is 5.65. The lowest BCUT2D eigenvalue weighted by molar-refractivity contribution is -0.134. The van der Waals surface area contributed by atoms with E-state index in [4.69, 9.17) is 4.74 Å². The van der Waals surface area contributed by atoms with Crippen molar-refractivity contribution in [2.24, 2.45) is 23.2 Å². The fraction of sp³-hybridized carbons (Fsp3) is 0.789. The van der Waals surface area contributed by atoms with Crippen LogP contribution < -0.4 is 5.32 Å². The van der Waals surface area contributed by atoms with Crippen LogP contribution in [-0.4, -0.2) is 30.8 Å². The first kappa shape index (κ1) is 18.8. The topological polar surface area (TPSA) is 64.6 Å². The monoisotopic (exact) mass is 337 g/mol. The summed E-state index contributed by atoms with van der Waals surface area (Å²) in [6, 6.07) is 0.0853. The van der Waals surface area contributed by atoms with Crippen LogP contribution in [0.2, 0.25) is 0 Å². The van der Waals surface area contributed by atoms with E-state index in [9.17, 15) is 9.59 Å². The second-order valence-electron chi connectivity index (χ2n) is 8.69. The lowest BCUT2D eigenvalue weighted by atomic mass is 9.44. The van der Waals surface area contributed by atoms with Crippen molar-refractivity contribution < 1.29 is 19.1 Å². The molecule has 3 fully saturated rings. The summed E-state index contributed by atoms with van der Waals surface area (Å²) in [5.41, 5.74) is -0.251. The number of amides is 1. The summed E-state index contributed by atoms with van der Waals surface area (Å²) in [5.74, 6) is 1.14. The van der Waals surface area contributed by atoms with E-state index < -0.39 is 5.60 Å². The highest BCUT2D eigenvalue weighted by Crippen LogP contribution is 2.61. The molecule has 3 saturated carbocycles. The quantitative estimate of drug-likeness (QED) is 0.628. The molecule has 24 heavy (non-hydrogen) atoms. The summed E-state index contributed by atoms with van der Waals surface area (Å²) in [7, 11) is 1.37. The summed E-state index contributed by atoms with van der Waals surface area (Å²) in [6.07, 6.45) is 5.96. The zero-order valence-corrected chi connectivity index (χ0v) is 15.7. The molecule has 1 amide bonds. The summed E-state index contributed by atoms with van der Waals surface area (Å²) in [5, 5.41) is 3.11. The number of methoxy groups -OCH3 is 1. The van der Waals surface area contributed by atoms with Crippen molar-refractivity contribution in [2.45, 2.75) is 65.5 Å². The summed E-state index contributed by atoms with van der Waals surface area (Å²) >= 11 is 0. The largest absolute Gasteiger partial charge is 0.466 e. The Hall–Kier alpha value is -1.52. The molecule has 3 aliphatic rings. The van der Waals surface area contributed by atoms with Gasteiger partial charge in [0.1, 0.15) is 5.60 Å². The Labute approximate surface area is 145 Å². The van der Waals surface area contributed by atoms with Gasteiger partial charge in [0.15, 0.2) is 0 Å². The molecule has 5 nitrogen and oxygen atoms in total. The van der Waals surface area contributed by atoms with Crippen LogP contribution in [0.5, 0.6) is 0 Å². The number of hydrogen-bond donors (Lipinski definition) is 1. The molecule has 0 heterocycles. The van der Waals surface area contributed by atoms with E-state index in [2.05, 4.69) is 23.9 Å². The second kappa shape index (κ2) is 6.77. The first-order valence-electron chi connectivity index (χ1n) is 8.78. The van der Waals surface area contributed by atoms with E-state index in [-0.39, 0.29) is 23.5 Å². The SMILES string of the molecule is COC(=O)/C=C/CC1CC2CC(C1NC(=O)OC(C)(C)C)C2(C)C. The smallest absolute Gasteiger partial charge is 0.407 e. The Morgan fingerprint density at radius 1 is 1.25 bits per heavy atom. The van der Waals surface area contributed by atoms with Crippen LogP contribution in [0.1, 0.15) is 53.9 Å². The van der Waals surface area contributed by atoms with Crippen molar-refractivity contribution in [3.63, 3.8) is 0 Å². The first-order valence-corrected chi connectivity index (χ1v) is 8.78. The van der Waals surface area contributed by atoms with Gasteiger partial charge in [-0.2, -0.15) is 0 Å². The minimum absolute atomic E-state index is 0.0853. The molecular weight excluding hydrogens is 306 g/mol. The summed E-state index contributed by atoms with van der Waals surface area (Å²) < 4.78 is 10.1. The molecule has 0 aromatic rings. The predicted octanol–water partition coefficient (Wildman–Crippen LogP) is 3.68. The maximum atomic E-state index is 12.2. The Morgan fingerprint density at radius 3 is 2.46 bits per heavy atom. The molecule has 1 N–H and O–H groups in total. The average Bonchev–Trinajstić information content (AvgIpc) is 2.45. The van der Waals surface area contributed by atoms with E-state index in [1.54, 1.807) is 0 Å². The van der Waals surface area contributed by atoms with Gasteiger partial charge in [0.2, 0.25) is 0 Å². The number of alkyl carbamates (subject to hydrolysis) is 1. The number of hydrogen-bond acceptors (Lipinski definition) is 4. The Kier molecular flexibility index (Phi) is 5.31. The highest BCUT2D eigenvalue weighted by atomic mass is 16.6. The number of carbonyl (C=O) groups is 2. The lowest BCUT2D eigenvalue weighted by Crippen LogP contribution is -2.63. The highest BCUT2D eigenvalue weighted by molar-refractivity contribution is 5.81. The highest BCUT2D eigenvalue weighted by Gasteiger charge is 2.57. The average molecular weight is 337 g/mol. The van der Waals surface area contributed by atoms with Crippen LogP contribution >= 0.6 is 0 Å². The van der Waals surface area contributed by atoms with Crippen molar-refractivity contribution in [2.75, 3.05) is 7.11 Å². The standard InChI is InChI=1S/C19H31NO4/c1-18(2,3)24-17(22)20-16-12(8-7-9-15(21)23-6)10-13-11-14(16)19(13,4)5/h7,9,12-14,16H,8,10-11H2,1-6H3,(H,20,22)/b9-7+. The number of allylic oxidation sites excluding steroid dienone is 1. The van der Waals surface area contributed by atoms with E-state index in [1.807, 2.05) is 26.8 Å². The van der Waals surface area contributed by atoms with Gasteiger partial charge < -0.3 is 14.8 Å². The Balaban J connectivity index is 2.04.